The van der Waals surface area contributed by atoms with E-state index in [2.05, 4.69) is 31.5 Å². The number of amides is 2. The molecular formula is C17H13BrFN3O. The Labute approximate surface area is 140 Å². The van der Waals surface area contributed by atoms with E-state index >= 15 is 0 Å². The number of nitrogens with one attached hydrogen (secondary N) is 2. The quantitative estimate of drug-likeness (QED) is 0.711. The molecule has 0 aliphatic carbocycles. The van der Waals surface area contributed by atoms with E-state index in [-0.39, 0.29) is 12.4 Å². The molecule has 0 aliphatic rings. The minimum absolute atomic E-state index is 0.101. The maximum absolute atomic E-state index is 13.7. The summed E-state index contributed by atoms with van der Waals surface area (Å²) in [7, 11) is 0. The highest BCUT2D eigenvalue weighted by Crippen LogP contribution is 2.22. The summed E-state index contributed by atoms with van der Waals surface area (Å²) < 4.78 is 14.4. The van der Waals surface area contributed by atoms with Crippen LogP contribution in [0.3, 0.4) is 0 Å². The maximum atomic E-state index is 13.7. The van der Waals surface area contributed by atoms with Gasteiger partial charge in [0, 0.05) is 39.7 Å². The van der Waals surface area contributed by atoms with Crippen LogP contribution in [-0.4, -0.2) is 11.0 Å². The van der Waals surface area contributed by atoms with Crippen LogP contribution in [0.25, 0.3) is 10.8 Å². The van der Waals surface area contributed by atoms with Crippen molar-refractivity contribution in [3.8, 4) is 0 Å². The fraction of sp³-hybridized carbons (Fsp3) is 0.0588. The van der Waals surface area contributed by atoms with Crippen LogP contribution in [0, 0.1) is 5.82 Å². The van der Waals surface area contributed by atoms with Gasteiger partial charge in [0.1, 0.15) is 5.82 Å². The van der Waals surface area contributed by atoms with E-state index in [0.29, 0.717) is 11.3 Å². The number of pyridine rings is 1. The van der Waals surface area contributed by atoms with Gasteiger partial charge >= 0.3 is 6.03 Å². The lowest BCUT2D eigenvalue weighted by Gasteiger charge is -2.10. The number of fused-ring (bicyclic) bond motifs is 1. The predicted molar refractivity (Wildman–Crippen MR) is 91.7 cm³/mol. The first-order chi connectivity index (χ1) is 11.1. The Kier molecular flexibility index (Phi) is 4.52. The van der Waals surface area contributed by atoms with Crippen LogP contribution in [0.5, 0.6) is 0 Å². The van der Waals surface area contributed by atoms with Crippen molar-refractivity contribution in [2.24, 2.45) is 0 Å². The summed E-state index contributed by atoms with van der Waals surface area (Å²) in [5.41, 5.74) is 1.09. The smallest absolute Gasteiger partial charge is 0.319 e. The van der Waals surface area contributed by atoms with Crippen molar-refractivity contribution in [3.05, 3.63) is 70.7 Å². The van der Waals surface area contributed by atoms with Gasteiger partial charge in [-0.25, -0.2) is 9.18 Å². The summed E-state index contributed by atoms with van der Waals surface area (Å²) in [6.07, 6.45) is 3.40. The number of benzene rings is 2. The van der Waals surface area contributed by atoms with Gasteiger partial charge < -0.3 is 10.6 Å². The molecule has 4 nitrogen and oxygen atoms in total. The Hall–Kier alpha value is -2.47. The van der Waals surface area contributed by atoms with E-state index < -0.39 is 6.03 Å². The van der Waals surface area contributed by atoms with Crippen LogP contribution < -0.4 is 10.6 Å². The molecule has 2 N–H and O–H groups in total. The number of halogens is 2. The Morgan fingerprint density at radius 1 is 1.22 bits per heavy atom. The van der Waals surface area contributed by atoms with Gasteiger partial charge in [-0.1, -0.05) is 28.1 Å². The molecule has 116 valence electrons. The molecule has 1 aromatic heterocycles. The fourth-order valence-electron chi connectivity index (χ4n) is 2.25. The number of rotatable bonds is 3. The molecule has 6 heteroatoms. The summed E-state index contributed by atoms with van der Waals surface area (Å²) >= 11 is 3.28. The highest BCUT2D eigenvalue weighted by molar-refractivity contribution is 9.10. The first-order valence-corrected chi connectivity index (χ1v) is 7.74. The second-order valence-corrected chi connectivity index (χ2v) is 5.86. The number of hydrogen-bond donors (Lipinski definition) is 2. The third kappa shape index (κ3) is 3.65. The first kappa shape index (κ1) is 15.4. The predicted octanol–water partition coefficient (Wildman–Crippen LogP) is 4.46. The van der Waals surface area contributed by atoms with Gasteiger partial charge in [0.2, 0.25) is 0 Å². The minimum Gasteiger partial charge on any atom is -0.334 e. The van der Waals surface area contributed by atoms with Crippen molar-refractivity contribution < 1.29 is 9.18 Å². The van der Waals surface area contributed by atoms with Gasteiger partial charge in [0.15, 0.2) is 0 Å². The molecule has 3 rings (SSSR count). The largest absolute Gasteiger partial charge is 0.334 e. The van der Waals surface area contributed by atoms with E-state index in [4.69, 9.17) is 0 Å². The zero-order valence-electron chi connectivity index (χ0n) is 12.0. The molecule has 2 amide bonds. The lowest BCUT2D eigenvalue weighted by atomic mass is 10.1. The molecule has 0 unspecified atom stereocenters. The van der Waals surface area contributed by atoms with Gasteiger partial charge in [0.25, 0.3) is 0 Å². The topological polar surface area (TPSA) is 54.0 Å². The zero-order valence-corrected chi connectivity index (χ0v) is 13.6. The molecule has 0 aliphatic heterocycles. The second kappa shape index (κ2) is 6.75. The van der Waals surface area contributed by atoms with Gasteiger partial charge in [-0.15, -0.1) is 0 Å². The average Bonchev–Trinajstić information content (AvgIpc) is 2.56. The number of carbonyl (C=O) groups is 1. The van der Waals surface area contributed by atoms with Crippen LogP contribution in [0.1, 0.15) is 5.56 Å². The van der Waals surface area contributed by atoms with Gasteiger partial charge in [-0.3, -0.25) is 4.98 Å². The number of aromatic nitrogens is 1. The molecule has 0 atom stereocenters. The SMILES string of the molecule is O=C(NCc1cc(Br)ccc1F)Nc1cccc2cnccc12. The Morgan fingerprint density at radius 2 is 2.09 bits per heavy atom. The summed E-state index contributed by atoms with van der Waals surface area (Å²) in [5, 5.41) is 7.26. The molecule has 0 fully saturated rings. The van der Waals surface area contributed by atoms with Gasteiger partial charge in [-0.2, -0.15) is 0 Å². The molecule has 23 heavy (non-hydrogen) atoms. The molecule has 3 aromatic rings. The zero-order chi connectivity index (χ0) is 16.2. The van der Waals surface area contributed by atoms with Crippen molar-refractivity contribution in [2.45, 2.75) is 6.54 Å². The summed E-state index contributed by atoms with van der Waals surface area (Å²) in [5.74, 6) is -0.357. The number of urea groups is 1. The molecule has 0 bridgehead atoms. The van der Waals surface area contributed by atoms with E-state index in [9.17, 15) is 9.18 Å². The second-order valence-electron chi connectivity index (χ2n) is 4.95. The number of carbonyl (C=O) groups excluding carboxylic acids is 1. The summed E-state index contributed by atoms with van der Waals surface area (Å²) in [4.78, 5) is 16.1. The van der Waals surface area contributed by atoms with Crippen LogP contribution in [0.15, 0.2) is 59.3 Å². The van der Waals surface area contributed by atoms with E-state index in [0.717, 1.165) is 15.2 Å². The fourth-order valence-corrected chi connectivity index (χ4v) is 2.66. The average molecular weight is 374 g/mol. The minimum atomic E-state index is -0.395. The van der Waals surface area contributed by atoms with Crippen LogP contribution in [0.2, 0.25) is 0 Å². The third-order valence-electron chi connectivity index (χ3n) is 3.38. The molecule has 0 radical (unpaired) electrons. The van der Waals surface area contributed by atoms with Crippen molar-refractivity contribution in [2.75, 3.05) is 5.32 Å². The van der Waals surface area contributed by atoms with Crippen molar-refractivity contribution in [1.29, 1.82) is 0 Å². The van der Waals surface area contributed by atoms with Gasteiger partial charge in [0.05, 0.1) is 5.69 Å². The molecule has 2 aromatic carbocycles. The normalized spacial score (nSPS) is 10.5. The molecule has 0 saturated heterocycles. The maximum Gasteiger partial charge on any atom is 0.319 e. The van der Waals surface area contributed by atoms with Crippen molar-refractivity contribution >= 4 is 38.4 Å². The molecule has 0 spiro atoms. The number of anilines is 1. The van der Waals surface area contributed by atoms with Crippen molar-refractivity contribution in [3.63, 3.8) is 0 Å². The standard InChI is InChI=1S/C17H13BrFN3O/c18-13-4-5-15(19)12(8-13)10-21-17(23)22-16-3-1-2-11-9-20-7-6-14(11)16/h1-9H,10H2,(H2,21,22,23). The van der Waals surface area contributed by atoms with Crippen LogP contribution in [-0.2, 0) is 6.54 Å². The van der Waals surface area contributed by atoms with E-state index in [1.54, 1.807) is 24.5 Å². The lowest BCUT2D eigenvalue weighted by Crippen LogP contribution is -2.28. The van der Waals surface area contributed by atoms with Crippen LogP contribution in [0.4, 0.5) is 14.9 Å². The Balaban J connectivity index is 1.70. The lowest BCUT2D eigenvalue weighted by molar-refractivity contribution is 0.251. The Morgan fingerprint density at radius 3 is 2.96 bits per heavy atom. The molecule has 1 heterocycles. The van der Waals surface area contributed by atoms with E-state index in [1.165, 1.54) is 6.07 Å². The van der Waals surface area contributed by atoms with Gasteiger partial charge in [-0.05, 0) is 30.3 Å². The third-order valence-corrected chi connectivity index (χ3v) is 3.87. The highest BCUT2D eigenvalue weighted by Gasteiger charge is 2.07. The Bertz CT molecular complexity index is 864. The molecule has 0 saturated carbocycles. The summed E-state index contributed by atoms with van der Waals surface area (Å²) in [6, 6.07) is 11.6. The van der Waals surface area contributed by atoms with E-state index in [1.807, 2.05) is 24.3 Å². The summed E-state index contributed by atoms with van der Waals surface area (Å²) in [6.45, 7) is 0.101. The number of hydrogen-bond acceptors (Lipinski definition) is 2. The number of nitrogens with zero attached hydrogens (tertiary/aromatic N) is 1. The van der Waals surface area contributed by atoms with Crippen LogP contribution >= 0.6 is 15.9 Å². The van der Waals surface area contributed by atoms with Crippen molar-refractivity contribution in [1.82, 2.24) is 10.3 Å². The first-order valence-electron chi connectivity index (χ1n) is 6.95. The highest BCUT2D eigenvalue weighted by atomic mass is 79.9. The monoisotopic (exact) mass is 373 g/mol. The molecular weight excluding hydrogens is 361 g/mol.